The number of amides is 1. The van der Waals surface area contributed by atoms with Crippen molar-refractivity contribution in [3.8, 4) is 5.75 Å². The summed E-state index contributed by atoms with van der Waals surface area (Å²) in [7, 11) is 1.83. The maximum atomic E-state index is 12.4. The molecule has 2 aromatic carbocycles. The molecule has 122 valence electrons. The first-order valence-corrected chi connectivity index (χ1v) is 8.20. The Morgan fingerprint density at radius 3 is 2.70 bits per heavy atom. The van der Waals surface area contributed by atoms with Gasteiger partial charge in [-0.05, 0) is 42.3 Å². The molecule has 0 saturated heterocycles. The zero-order chi connectivity index (χ0) is 16.7. The zero-order valence-electron chi connectivity index (χ0n) is 13.6. The van der Waals surface area contributed by atoms with E-state index in [2.05, 4.69) is 6.92 Å². The molecule has 0 N–H and O–H groups in total. The Kier molecular flexibility index (Phi) is 6.48. The number of carbonyl (C=O) groups is 1. The summed E-state index contributed by atoms with van der Waals surface area (Å²) in [4.78, 5) is 14.1. The molecule has 2 rings (SSSR count). The van der Waals surface area contributed by atoms with Crippen LogP contribution in [0, 0.1) is 0 Å². The number of hydrogen-bond donors (Lipinski definition) is 0. The van der Waals surface area contributed by atoms with Gasteiger partial charge in [0.1, 0.15) is 12.4 Å². The van der Waals surface area contributed by atoms with Crippen molar-refractivity contribution < 1.29 is 9.53 Å². The van der Waals surface area contributed by atoms with Crippen molar-refractivity contribution in [3.05, 3.63) is 64.7 Å². The molecule has 2 aromatic rings. The number of rotatable bonds is 7. The molecule has 4 heteroatoms. The van der Waals surface area contributed by atoms with Crippen LogP contribution in [0.2, 0.25) is 5.02 Å². The van der Waals surface area contributed by atoms with Crippen LogP contribution in [0.25, 0.3) is 0 Å². The van der Waals surface area contributed by atoms with E-state index in [0.717, 1.165) is 24.9 Å². The van der Waals surface area contributed by atoms with E-state index in [1.165, 1.54) is 0 Å². The van der Waals surface area contributed by atoms with Gasteiger partial charge in [0.2, 0.25) is 0 Å². The lowest BCUT2D eigenvalue weighted by molar-refractivity contribution is 0.0793. The lowest BCUT2D eigenvalue weighted by atomic mass is 10.2. The molecule has 0 aliphatic carbocycles. The number of halogens is 1. The average molecular weight is 332 g/mol. The van der Waals surface area contributed by atoms with Crippen LogP contribution in [-0.2, 0) is 6.61 Å². The van der Waals surface area contributed by atoms with Crippen molar-refractivity contribution in [1.82, 2.24) is 4.90 Å². The minimum absolute atomic E-state index is 0.0201. The van der Waals surface area contributed by atoms with Crippen LogP contribution in [0.1, 0.15) is 35.7 Å². The van der Waals surface area contributed by atoms with Crippen molar-refractivity contribution in [2.45, 2.75) is 26.4 Å². The molecule has 0 atom stereocenters. The number of benzene rings is 2. The monoisotopic (exact) mass is 331 g/mol. The third-order valence-corrected chi connectivity index (χ3v) is 3.80. The zero-order valence-corrected chi connectivity index (χ0v) is 14.3. The van der Waals surface area contributed by atoms with E-state index >= 15 is 0 Å². The number of ether oxygens (including phenoxy) is 1. The van der Waals surface area contributed by atoms with Gasteiger partial charge in [-0.15, -0.1) is 0 Å². The molecule has 0 heterocycles. The van der Waals surface area contributed by atoms with E-state index in [4.69, 9.17) is 16.3 Å². The molecular weight excluding hydrogens is 310 g/mol. The van der Waals surface area contributed by atoms with Gasteiger partial charge in [-0.3, -0.25) is 4.79 Å². The Morgan fingerprint density at radius 1 is 1.17 bits per heavy atom. The molecule has 0 spiro atoms. The lowest BCUT2D eigenvalue weighted by Gasteiger charge is -2.17. The molecule has 3 nitrogen and oxygen atoms in total. The molecule has 0 fully saturated rings. The summed E-state index contributed by atoms with van der Waals surface area (Å²) in [6, 6.07) is 14.8. The smallest absolute Gasteiger partial charge is 0.253 e. The highest BCUT2D eigenvalue weighted by Crippen LogP contribution is 2.18. The molecular formula is C19H22ClNO2. The summed E-state index contributed by atoms with van der Waals surface area (Å²) in [5.74, 6) is 0.700. The van der Waals surface area contributed by atoms with Crippen LogP contribution in [0.15, 0.2) is 48.5 Å². The summed E-state index contributed by atoms with van der Waals surface area (Å²) >= 11 is 5.96. The van der Waals surface area contributed by atoms with Gasteiger partial charge in [0, 0.05) is 24.2 Å². The van der Waals surface area contributed by atoms with Gasteiger partial charge in [0.05, 0.1) is 0 Å². The quantitative estimate of drug-likeness (QED) is 0.730. The third kappa shape index (κ3) is 5.29. The maximum Gasteiger partial charge on any atom is 0.253 e. The van der Waals surface area contributed by atoms with Crippen molar-refractivity contribution in [3.63, 3.8) is 0 Å². The third-order valence-electron chi connectivity index (χ3n) is 3.57. The Bertz CT molecular complexity index is 657. The van der Waals surface area contributed by atoms with E-state index in [1.54, 1.807) is 11.0 Å². The summed E-state index contributed by atoms with van der Waals surface area (Å²) in [6.07, 6.45) is 2.08. The fraction of sp³-hybridized carbons (Fsp3) is 0.316. The second kappa shape index (κ2) is 8.59. The minimum atomic E-state index is 0.0201. The van der Waals surface area contributed by atoms with Crippen molar-refractivity contribution in [2.75, 3.05) is 13.6 Å². The second-order valence-corrected chi connectivity index (χ2v) is 5.96. The summed E-state index contributed by atoms with van der Waals surface area (Å²) in [6.45, 7) is 3.30. The minimum Gasteiger partial charge on any atom is -0.489 e. The Hall–Kier alpha value is -2.00. The van der Waals surface area contributed by atoms with Gasteiger partial charge in [-0.2, -0.15) is 0 Å². The van der Waals surface area contributed by atoms with Gasteiger partial charge < -0.3 is 9.64 Å². The van der Waals surface area contributed by atoms with Crippen LogP contribution in [0.3, 0.4) is 0 Å². The summed E-state index contributed by atoms with van der Waals surface area (Å²) in [5.41, 5.74) is 1.64. The van der Waals surface area contributed by atoms with Crippen LogP contribution in [-0.4, -0.2) is 24.4 Å². The standard InChI is InChI=1S/C19H22ClNO2/c1-3-4-11-21(2)19(22)16-8-6-10-18(13-16)23-14-15-7-5-9-17(20)12-15/h5-10,12-13H,3-4,11,14H2,1-2H3. The summed E-state index contributed by atoms with van der Waals surface area (Å²) in [5, 5.41) is 0.688. The lowest BCUT2D eigenvalue weighted by Crippen LogP contribution is -2.27. The molecule has 1 amide bonds. The predicted molar refractivity (Wildman–Crippen MR) is 94.1 cm³/mol. The number of carbonyl (C=O) groups excluding carboxylic acids is 1. The Balaban J connectivity index is 2.00. The van der Waals surface area contributed by atoms with E-state index in [-0.39, 0.29) is 5.91 Å². The predicted octanol–water partition coefficient (Wildman–Crippen LogP) is 4.79. The van der Waals surface area contributed by atoms with Crippen LogP contribution in [0.4, 0.5) is 0 Å². The number of nitrogens with zero attached hydrogens (tertiary/aromatic N) is 1. The van der Waals surface area contributed by atoms with E-state index in [9.17, 15) is 4.79 Å². The van der Waals surface area contributed by atoms with Crippen LogP contribution in [0.5, 0.6) is 5.75 Å². The van der Waals surface area contributed by atoms with E-state index in [0.29, 0.717) is 22.9 Å². The SMILES string of the molecule is CCCCN(C)C(=O)c1cccc(OCc2cccc(Cl)c2)c1. The highest BCUT2D eigenvalue weighted by Gasteiger charge is 2.11. The highest BCUT2D eigenvalue weighted by molar-refractivity contribution is 6.30. The fourth-order valence-corrected chi connectivity index (χ4v) is 2.44. The van der Waals surface area contributed by atoms with Crippen molar-refractivity contribution in [1.29, 1.82) is 0 Å². The first-order valence-electron chi connectivity index (χ1n) is 7.83. The van der Waals surface area contributed by atoms with Gasteiger partial charge in [-0.25, -0.2) is 0 Å². The largest absolute Gasteiger partial charge is 0.489 e. The highest BCUT2D eigenvalue weighted by atomic mass is 35.5. The Morgan fingerprint density at radius 2 is 1.96 bits per heavy atom. The normalized spacial score (nSPS) is 10.4. The van der Waals surface area contributed by atoms with E-state index in [1.807, 2.05) is 49.5 Å². The molecule has 0 bridgehead atoms. The van der Waals surface area contributed by atoms with Crippen LogP contribution >= 0.6 is 11.6 Å². The molecule has 0 unspecified atom stereocenters. The van der Waals surface area contributed by atoms with Gasteiger partial charge >= 0.3 is 0 Å². The van der Waals surface area contributed by atoms with Crippen molar-refractivity contribution >= 4 is 17.5 Å². The molecule has 23 heavy (non-hydrogen) atoms. The number of unbranched alkanes of at least 4 members (excludes halogenated alkanes) is 1. The van der Waals surface area contributed by atoms with Crippen LogP contribution < -0.4 is 4.74 Å². The van der Waals surface area contributed by atoms with Gasteiger partial charge in [-0.1, -0.05) is 43.1 Å². The average Bonchev–Trinajstić information content (AvgIpc) is 2.57. The molecule has 0 aliphatic rings. The number of hydrogen-bond acceptors (Lipinski definition) is 2. The first kappa shape index (κ1) is 17.4. The van der Waals surface area contributed by atoms with Crippen molar-refractivity contribution in [2.24, 2.45) is 0 Å². The molecule has 0 saturated carbocycles. The summed E-state index contributed by atoms with van der Waals surface area (Å²) < 4.78 is 5.77. The first-order chi connectivity index (χ1) is 11.1. The molecule has 0 radical (unpaired) electrons. The second-order valence-electron chi connectivity index (χ2n) is 5.53. The maximum absolute atomic E-state index is 12.4. The topological polar surface area (TPSA) is 29.5 Å². The fourth-order valence-electron chi connectivity index (χ4n) is 2.23. The molecule has 0 aromatic heterocycles. The molecule has 0 aliphatic heterocycles. The van der Waals surface area contributed by atoms with E-state index < -0.39 is 0 Å². The Labute approximate surface area is 142 Å². The van der Waals surface area contributed by atoms with Gasteiger partial charge in [0.15, 0.2) is 0 Å². The van der Waals surface area contributed by atoms with Gasteiger partial charge in [0.25, 0.3) is 5.91 Å².